The third-order valence-electron chi connectivity index (χ3n) is 3.82. The predicted octanol–water partition coefficient (Wildman–Crippen LogP) is 4.53. The van der Waals surface area contributed by atoms with Crippen LogP contribution in [0.5, 0.6) is 0 Å². The van der Waals surface area contributed by atoms with E-state index >= 15 is 0 Å². The number of rotatable bonds is 8. The fourth-order valence-corrected chi connectivity index (χ4v) is 2.85. The SMILES string of the molecule is CCN(CC)CCCCNc1ccnc2cc(Br)ccc12. The fourth-order valence-electron chi connectivity index (χ4n) is 2.50. The predicted molar refractivity (Wildman–Crippen MR) is 95.0 cm³/mol. The summed E-state index contributed by atoms with van der Waals surface area (Å²) in [6.07, 6.45) is 4.30. The van der Waals surface area contributed by atoms with Gasteiger partial charge in [0, 0.05) is 28.3 Å². The molecule has 0 atom stereocenters. The normalized spacial score (nSPS) is 11.2. The summed E-state index contributed by atoms with van der Waals surface area (Å²) >= 11 is 3.49. The number of anilines is 1. The molecule has 0 aliphatic heterocycles. The van der Waals surface area contributed by atoms with Crippen molar-refractivity contribution in [2.24, 2.45) is 0 Å². The highest BCUT2D eigenvalue weighted by atomic mass is 79.9. The maximum absolute atomic E-state index is 4.42. The van der Waals surface area contributed by atoms with Crippen molar-refractivity contribution in [3.8, 4) is 0 Å². The number of unbranched alkanes of at least 4 members (excludes halogenated alkanes) is 1. The lowest BCUT2D eigenvalue weighted by Gasteiger charge is -2.17. The van der Waals surface area contributed by atoms with Crippen molar-refractivity contribution in [3.63, 3.8) is 0 Å². The molecule has 1 N–H and O–H groups in total. The fraction of sp³-hybridized carbons (Fsp3) is 0.471. The van der Waals surface area contributed by atoms with E-state index in [-0.39, 0.29) is 0 Å². The second kappa shape index (κ2) is 8.35. The number of aromatic nitrogens is 1. The third-order valence-corrected chi connectivity index (χ3v) is 4.31. The van der Waals surface area contributed by atoms with Crippen molar-refractivity contribution in [1.82, 2.24) is 9.88 Å². The van der Waals surface area contributed by atoms with Crippen LogP contribution in [0.3, 0.4) is 0 Å². The van der Waals surface area contributed by atoms with Gasteiger partial charge in [0.2, 0.25) is 0 Å². The number of halogens is 1. The van der Waals surface area contributed by atoms with Gasteiger partial charge in [0.15, 0.2) is 0 Å². The Morgan fingerprint density at radius 2 is 1.95 bits per heavy atom. The molecule has 0 saturated carbocycles. The summed E-state index contributed by atoms with van der Waals surface area (Å²) in [6, 6.07) is 8.29. The molecule has 1 aromatic heterocycles. The van der Waals surface area contributed by atoms with Crippen molar-refractivity contribution >= 4 is 32.5 Å². The van der Waals surface area contributed by atoms with E-state index in [0.717, 1.165) is 29.6 Å². The van der Waals surface area contributed by atoms with Gasteiger partial charge in [-0.15, -0.1) is 0 Å². The maximum atomic E-state index is 4.42. The first kappa shape index (κ1) is 16.2. The van der Waals surface area contributed by atoms with E-state index in [2.05, 4.69) is 69.2 Å². The number of benzene rings is 1. The molecule has 1 aromatic carbocycles. The van der Waals surface area contributed by atoms with Gasteiger partial charge < -0.3 is 10.2 Å². The summed E-state index contributed by atoms with van der Waals surface area (Å²) < 4.78 is 1.07. The monoisotopic (exact) mass is 349 g/mol. The Labute approximate surface area is 135 Å². The van der Waals surface area contributed by atoms with Gasteiger partial charge in [-0.2, -0.15) is 0 Å². The molecule has 0 amide bonds. The van der Waals surface area contributed by atoms with E-state index in [4.69, 9.17) is 0 Å². The zero-order valence-corrected chi connectivity index (χ0v) is 14.5. The zero-order valence-electron chi connectivity index (χ0n) is 12.9. The highest BCUT2D eigenvalue weighted by molar-refractivity contribution is 9.10. The van der Waals surface area contributed by atoms with Crippen LogP contribution >= 0.6 is 15.9 Å². The average Bonchev–Trinajstić information content (AvgIpc) is 2.50. The number of nitrogens with zero attached hydrogens (tertiary/aromatic N) is 2. The summed E-state index contributed by atoms with van der Waals surface area (Å²) in [5, 5.41) is 4.73. The molecule has 2 rings (SSSR count). The molecular formula is C17H24BrN3. The first-order valence-corrected chi connectivity index (χ1v) is 8.54. The molecular weight excluding hydrogens is 326 g/mol. The minimum atomic E-state index is 1.01. The summed E-state index contributed by atoms with van der Waals surface area (Å²) in [4.78, 5) is 6.89. The van der Waals surface area contributed by atoms with E-state index in [1.165, 1.54) is 30.5 Å². The third kappa shape index (κ3) is 4.68. The average molecular weight is 350 g/mol. The summed E-state index contributed by atoms with van der Waals surface area (Å²) in [5.74, 6) is 0. The topological polar surface area (TPSA) is 28.2 Å². The van der Waals surface area contributed by atoms with E-state index < -0.39 is 0 Å². The van der Waals surface area contributed by atoms with Crippen LogP contribution in [0, 0.1) is 0 Å². The number of fused-ring (bicyclic) bond motifs is 1. The zero-order chi connectivity index (χ0) is 15.1. The molecule has 4 heteroatoms. The van der Waals surface area contributed by atoms with Crippen LogP contribution in [-0.2, 0) is 0 Å². The van der Waals surface area contributed by atoms with Crippen LogP contribution in [0.2, 0.25) is 0 Å². The molecule has 0 radical (unpaired) electrons. The second-order valence-corrected chi connectivity index (χ2v) is 6.10. The quantitative estimate of drug-likeness (QED) is 0.709. The Bertz CT molecular complexity index is 567. The number of pyridine rings is 1. The second-order valence-electron chi connectivity index (χ2n) is 5.18. The maximum Gasteiger partial charge on any atom is 0.0733 e. The van der Waals surface area contributed by atoms with Crippen molar-refractivity contribution in [3.05, 3.63) is 34.9 Å². The Kier molecular flexibility index (Phi) is 6.46. The standard InChI is InChI=1S/C17H24BrN3/c1-3-21(4-2)12-6-5-10-19-16-9-11-20-17-13-14(18)7-8-15(16)17/h7-9,11,13H,3-6,10,12H2,1-2H3,(H,19,20). The molecule has 114 valence electrons. The van der Waals surface area contributed by atoms with Crippen molar-refractivity contribution in [2.75, 3.05) is 31.5 Å². The highest BCUT2D eigenvalue weighted by Gasteiger charge is 2.02. The van der Waals surface area contributed by atoms with Crippen LogP contribution in [0.15, 0.2) is 34.9 Å². The Hall–Kier alpha value is -1.13. The van der Waals surface area contributed by atoms with Gasteiger partial charge in [0.1, 0.15) is 0 Å². The van der Waals surface area contributed by atoms with Crippen LogP contribution in [0.1, 0.15) is 26.7 Å². The summed E-state index contributed by atoms with van der Waals surface area (Å²) in [6.45, 7) is 8.95. The van der Waals surface area contributed by atoms with Gasteiger partial charge in [-0.1, -0.05) is 29.8 Å². The van der Waals surface area contributed by atoms with Crippen molar-refractivity contribution < 1.29 is 0 Å². The van der Waals surface area contributed by atoms with Crippen LogP contribution in [0.4, 0.5) is 5.69 Å². The van der Waals surface area contributed by atoms with Crippen LogP contribution in [0.25, 0.3) is 10.9 Å². The van der Waals surface area contributed by atoms with E-state index in [1.807, 2.05) is 6.20 Å². The smallest absolute Gasteiger partial charge is 0.0733 e. The largest absolute Gasteiger partial charge is 0.384 e. The Balaban J connectivity index is 1.86. The van der Waals surface area contributed by atoms with Gasteiger partial charge in [0.05, 0.1) is 5.52 Å². The van der Waals surface area contributed by atoms with E-state index in [0.29, 0.717) is 0 Å². The minimum Gasteiger partial charge on any atom is -0.384 e. The van der Waals surface area contributed by atoms with Gasteiger partial charge in [-0.3, -0.25) is 4.98 Å². The number of nitrogens with one attached hydrogen (secondary N) is 1. The summed E-state index contributed by atoms with van der Waals surface area (Å²) in [7, 11) is 0. The van der Waals surface area contributed by atoms with Crippen molar-refractivity contribution in [2.45, 2.75) is 26.7 Å². The van der Waals surface area contributed by atoms with Crippen LogP contribution in [-0.4, -0.2) is 36.1 Å². The number of hydrogen-bond donors (Lipinski definition) is 1. The molecule has 0 bridgehead atoms. The van der Waals surface area contributed by atoms with Gasteiger partial charge in [-0.05, 0) is 56.7 Å². The Morgan fingerprint density at radius 1 is 1.14 bits per heavy atom. The summed E-state index contributed by atoms with van der Waals surface area (Å²) in [5.41, 5.74) is 2.20. The van der Waals surface area contributed by atoms with Gasteiger partial charge in [0.25, 0.3) is 0 Å². The van der Waals surface area contributed by atoms with Gasteiger partial charge >= 0.3 is 0 Å². The first-order chi connectivity index (χ1) is 10.2. The molecule has 3 nitrogen and oxygen atoms in total. The lowest BCUT2D eigenvalue weighted by atomic mass is 10.2. The molecule has 0 unspecified atom stereocenters. The molecule has 2 aromatic rings. The number of hydrogen-bond acceptors (Lipinski definition) is 3. The van der Waals surface area contributed by atoms with Gasteiger partial charge in [-0.25, -0.2) is 0 Å². The highest BCUT2D eigenvalue weighted by Crippen LogP contribution is 2.24. The molecule has 0 aliphatic rings. The van der Waals surface area contributed by atoms with Crippen molar-refractivity contribution in [1.29, 1.82) is 0 Å². The minimum absolute atomic E-state index is 1.01. The molecule has 0 aliphatic carbocycles. The van der Waals surface area contributed by atoms with E-state index in [9.17, 15) is 0 Å². The molecule has 0 fully saturated rings. The molecule has 1 heterocycles. The van der Waals surface area contributed by atoms with E-state index in [1.54, 1.807) is 0 Å². The molecule has 0 spiro atoms. The lowest BCUT2D eigenvalue weighted by molar-refractivity contribution is 0.298. The lowest BCUT2D eigenvalue weighted by Crippen LogP contribution is -2.24. The molecule has 21 heavy (non-hydrogen) atoms. The first-order valence-electron chi connectivity index (χ1n) is 7.75. The molecule has 0 saturated heterocycles. The Morgan fingerprint density at radius 3 is 2.71 bits per heavy atom. The van der Waals surface area contributed by atoms with Crippen LogP contribution < -0.4 is 5.32 Å².